The van der Waals surface area contributed by atoms with Crippen molar-refractivity contribution in [3.63, 3.8) is 0 Å². The van der Waals surface area contributed by atoms with E-state index in [0.717, 1.165) is 12.2 Å². The number of carbonyl (C=O) groups excluding carboxylic acids is 2. The molecule has 1 aromatic carbocycles. The minimum Gasteiger partial charge on any atom is -0.483 e. The lowest BCUT2D eigenvalue weighted by atomic mass is 10.2. The van der Waals surface area contributed by atoms with E-state index in [4.69, 9.17) is 9.47 Å². The van der Waals surface area contributed by atoms with Crippen LogP contribution in [0.25, 0.3) is 0 Å². The Morgan fingerprint density at radius 3 is 2.65 bits per heavy atom. The molecule has 31 heavy (non-hydrogen) atoms. The molecule has 0 aliphatic heterocycles. The number of nitrogens with one attached hydrogen (secondary N) is 1. The van der Waals surface area contributed by atoms with Gasteiger partial charge in [-0.2, -0.15) is 0 Å². The smallest absolute Gasteiger partial charge is 0.340 e. The SMILES string of the molecule is CCc1ccc(OC(C)c2nnc(SCC(=O)Nc3sccc3C(=O)OC)n2C)cc1. The summed E-state index contributed by atoms with van der Waals surface area (Å²) in [5, 5.41) is 13.9. The first-order valence-corrected chi connectivity index (χ1v) is 11.5. The van der Waals surface area contributed by atoms with Crippen LogP contribution in [0.3, 0.4) is 0 Å². The van der Waals surface area contributed by atoms with Crippen LogP contribution >= 0.6 is 23.1 Å². The fourth-order valence-corrected chi connectivity index (χ4v) is 4.35. The van der Waals surface area contributed by atoms with E-state index in [9.17, 15) is 9.59 Å². The molecule has 0 radical (unpaired) electrons. The molecule has 0 spiro atoms. The van der Waals surface area contributed by atoms with Gasteiger partial charge in [0.2, 0.25) is 5.91 Å². The fraction of sp³-hybridized carbons (Fsp3) is 0.333. The summed E-state index contributed by atoms with van der Waals surface area (Å²) >= 11 is 2.52. The molecule has 2 aromatic heterocycles. The van der Waals surface area contributed by atoms with Gasteiger partial charge in [0.25, 0.3) is 0 Å². The Kier molecular flexibility index (Phi) is 7.69. The highest BCUT2D eigenvalue weighted by Crippen LogP contribution is 2.26. The summed E-state index contributed by atoms with van der Waals surface area (Å²) in [7, 11) is 3.14. The summed E-state index contributed by atoms with van der Waals surface area (Å²) < 4.78 is 12.5. The van der Waals surface area contributed by atoms with Crippen LogP contribution in [0.4, 0.5) is 5.00 Å². The molecule has 0 saturated carbocycles. The van der Waals surface area contributed by atoms with Gasteiger partial charge in [-0.25, -0.2) is 4.79 Å². The third-order valence-corrected chi connectivity index (χ3v) is 6.38. The second kappa shape index (κ2) is 10.5. The fourth-order valence-electron chi connectivity index (χ4n) is 2.84. The monoisotopic (exact) mass is 460 g/mol. The number of nitrogens with zero attached hydrogens (tertiary/aromatic N) is 3. The number of rotatable bonds is 9. The normalized spacial score (nSPS) is 11.7. The molecule has 164 valence electrons. The van der Waals surface area contributed by atoms with E-state index in [1.165, 1.54) is 35.8 Å². The van der Waals surface area contributed by atoms with E-state index in [-0.39, 0.29) is 17.8 Å². The second-order valence-electron chi connectivity index (χ2n) is 6.65. The maximum Gasteiger partial charge on any atom is 0.340 e. The number of amides is 1. The average molecular weight is 461 g/mol. The van der Waals surface area contributed by atoms with Crippen LogP contribution in [0.1, 0.15) is 41.7 Å². The van der Waals surface area contributed by atoms with Crippen molar-refractivity contribution in [3.8, 4) is 5.75 Å². The highest BCUT2D eigenvalue weighted by molar-refractivity contribution is 7.99. The van der Waals surface area contributed by atoms with E-state index in [2.05, 4.69) is 22.4 Å². The minimum absolute atomic E-state index is 0.123. The summed E-state index contributed by atoms with van der Waals surface area (Å²) in [6.07, 6.45) is 0.672. The quantitative estimate of drug-likeness (QED) is 0.379. The predicted octanol–water partition coefficient (Wildman–Crippen LogP) is 4.10. The summed E-state index contributed by atoms with van der Waals surface area (Å²) in [4.78, 5) is 24.1. The Bertz CT molecular complexity index is 1050. The molecular formula is C21H24N4O4S2. The number of thioether (sulfide) groups is 1. The van der Waals surface area contributed by atoms with Gasteiger partial charge in [0.1, 0.15) is 10.8 Å². The van der Waals surface area contributed by atoms with Crippen LogP contribution in [-0.4, -0.2) is 39.5 Å². The summed E-state index contributed by atoms with van der Waals surface area (Å²) in [5.41, 5.74) is 1.58. The van der Waals surface area contributed by atoms with Crippen molar-refractivity contribution in [2.45, 2.75) is 31.5 Å². The van der Waals surface area contributed by atoms with Crippen LogP contribution in [0.15, 0.2) is 40.9 Å². The van der Waals surface area contributed by atoms with Gasteiger partial charge in [0.05, 0.1) is 18.4 Å². The maximum absolute atomic E-state index is 12.3. The van der Waals surface area contributed by atoms with Crippen LogP contribution < -0.4 is 10.1 Å². The molecule has 1 amide bonds. The van der Waals surface area contributed by atoms with Crippen molar-refractivity contribution in [2.24, 2.45) is 7.05 Å². The molecular weight excluding hydrogens is 436 g/mol. The number of aryl methyl sites for hydroxylation is 1. The van der Waals surface area contributed by atoms with Crippen molar-refractivity contribution in [3.05, 3.63) is 52.7 Å². The standard InChI is InChI=1S/C21H24N4O4S2/c1-5-14-6-8-15(9-7-14)29-13(2)18-23-24-21(25(18)3)31-12-17(26)22-19-16(10-11-30-19)20(27)28-4/h6-11,13H,5,12H2,1-4H3,(H,22,26). The lowest BCUT2D eigenvalue weighted by molar-refractivity contribution is -0.113. The van der Waals surface area contributed by atoms with Crippen molar-refractivity contribution >= 4 is 40.0 Å². The van der Waals surface area contributed by atoms with Gasteiger partial charge >= 0.3 is 5.97 Å². The molecule has 2 heterocycles. The molecule has 1 atom stereocenters. The number of carbonyl (C=O) groups is 2. The maximum atomic E-state index is 12.3. The zero-order chi connectivity index (χ0) is 22.4. The molecule has 0 bridgehead atoms. The summed E-state index contributed by atoms with van der Waals surface area (Å²) in [5.74, 6) is 0.813. The van der Waals surface area contributed by atoms with E-state index in [0.29, 0.717) is 21.5 Å². The van der Waals surface area contributed by atoms with Gasteiger partial charge in [0.15, 0.2) is 17.1 Å². The highest BCUT2D eigenvalue weighted by atomic mass is 32.2. The molecule has 3 rings (SSSR count). The lowest BCUT2D eigenvalue weighted by Gasteiger charge is -2.14. The van der Waals surface area contributed by atoms with Crippen LogP contribution in [-0.2, 0) is 23.0 Å². The molecule has 1 N–H and O–H groups in total. The zero-order valence-electron chi connectivity index (χ0n) is 17.7. The number of hydrogen-bond acceptors (Lipinski definition) is 8. The second-order valence-corrected chi connectivity index (χ2v) is 8.51. The van der Waals surface area contributed by atoms with Crippen molar-refractivity contribution in [2.75, 3.05) is 18.2 Å². The summed E-state index contributed by atoms with van der Waals surface area (Å²) in [6.45, 7) is 4.01. The molecule has 3 aromatic rings. The van der Waals surface area contributed by atoms with E-state index in [1.807, 2.05) is 42.8 Å². The zero-order valence-corrected chi connectivity index (χ0v) is 19.4. The predicted molar refractivity (Wildman–Crippen MR) is 121 cm³/mol. The van der Waals surface area contributed by atoms with Crippen LogP contribution in [0, 0.1) is 0 Å². The molecule has 10 heteroatoms. The highest BCUT2D eigenvalue weighted by Gasteiger charge is 2.19. The van der Waals surface area contributed by atoms with Gasteiger partial charge in [-0.3, -0.25) is 4.79 Å². The Morgan fingerprint density at radius 2 is 1.97 bits per heavy atom. The first-order valence-electron chi connectivity index (χ1n) is 9.66. The van der Waals surface area contributed by atoms with E-state index < -0.39 is 5.97 Å². The minimum atomic E-state index is -0.486. The Morgan fingerprint density at radius 1 is 1.23 bits per heavy atom. The topological polar surface area (TPSA) is 95.3 Å². The molecule has 0 saturated heterocycles. The van der Waals surface area contributed by atoms with Gasteiger partial charge < -0.3 is 19.4 Å². The number of anilines is 1. The van der Waals surface area contributed by atoms with Gasteiger partial charge in [-0.05, 0) is 42.5 Å². The largest absolute Gasteiger partial charge is 0.483 e. The van der Waals surface area contributed by atoms with Gasteiger partial charge in [0, 0.05) is 7.05 Å². The number of methoxy groups -OCH3 is 1. The van der Waals surface area contributed by atoms with Gasteiger partial charge in [-0.15, -0.1) is 21.5 Å². The Hall–Kier alpha value is -2.85. The Labute approximate surface area is 189 Å². The molecule has 1 unspecified atom stereocenters. The number of ether oxygens (including phenoxy) is 2. The number of aromatic nitrogens is 3. The number of thiophene rings is 1. The third kappa shape index (κ3) is 5.65. The average Bonchev–Trinajstić information content (AvgIpc) is 3.38. The lowest BCUT2D eigenvalue weighted by Crippen LogP contribution is -2.16. The van der Waals surface area contributed by atoms with E-state index >= 15 is 0 Å². The first kappa shape index (κ1) is 22.8. The van der Waals surface area contributed by atoms with E-state index in [1.54, 1.807) is 11.4 Å². The van der Waals surface area contributed by atoms with Crippen molar-refractivity contribution in [1.29, 1.82) is 0 Å². The number of esters is 1. The van der Waals surface area contributed by atoms with Gasteiger partial charge in [-0.1, -0.05) is 30.8 Å². The van der Waals surface area contributed by atoms with Crippen LogP contribution in [0.2, 0.25) is 0 Å². The van der Waals surface area contributed by atoms with Crippen molar-refractivity contribution < 1.29 is 19.1 Å². The Balaban J connectivity index is 1.58. The molecule has 0 aliphatic carbocycles. The van der Waals surface area contributed by atoms with Crippen molar-refractivity contribution in [1.82, 2.24) is 14.8 Å². The number of hydrogen-bond donors (Lipinski definition) is 1. The first-order chi connectivity index (χ1) is 14.9. The molecule has 8 nitrogen and oxygen atoms in total. The summed E-state index contributed by atoms with van der Waals surface area (Å²) in [6, 6.07) is 9.58. The molecule has 0 aliphatic rings. The van der Waals surface area contributed by atoms with Crippen LogP contribution in [0.5, 0.6) is 5.75 Å². The molecule has 0 fully saturated rings. The number of benzene rings is 1. The third-order valence-electron chi connectivity index (χ3n) is 4.53.